The molecule has 148 valence electrons. The van der Waals surface area contributed by atoms with E-state index in [2.05, 4.69) is 4.98 Å². The third-order valence-corrected chi connectivity index (χ3v) is 5.95. The Kier molecular flexibility index (Phi) is 5.15. The van der Waals surface area contributed by atoms with E-state index in [0.717, 1.165) is 21.1 Å². The average molecular weight is 427 g/mol. The average Bonchev–Trinajstić information content (AvgIpc) is 3.03. The molecular weight excluding hydrogens is 408 g/mol. The number of aromatic nitrogens is 1. The van der Waals surface area contributed by atoms with Gasteiger partial charge in [0.05, 0.1) is 22.9 Å². The molecule has 0 N–H and O–H groups in total. The maximum atomic E-state index is 12.8. The van der Waals surface area contributed by atoms with E-state index in [1.54, 1.807) is 42.5 Å². The van der Waals surface area contributed by atoms with Crippen molar-refractivity contribution in [2.45, 2.75) is 26.9 Å². The number of amides is 1. The van der Waals surface area contributed by atoms with Crippen molar-refractivity contribution in [1.82, 2.24) is 4.98 Å². The number of rotatable bonds is 4. The van der Waals surface area contributed by atoms with Gasteiger partial charge >= 0.3 is 0 Å². The van der Waals surface area contributed by atoms with Crippen LogP contribution in [-0.2, 0) is 4.79 Å². The minimum Gasteiger partial charge on any atom is -0.479 e. The van der Waals surface area contributed by atoms with Gasteiger partial charge in [-0.3, -0.25) is 14.5 Å². The van der Waals surface area contributed by atoms with E-state index in [1.165, 1.54) is 4.90 Å². The molecule has 2 aromatic carbocycles. The number of anilines is 1. The number of thiazole rings is 1. The van der Waals surface area contributed by atoms with Crippen LogP contribution in [0.5, 0.6) is 5.75 Å². The van der Waals surface area contributed by atoms with Crippen LogP contribution in [0.3, 0.4) is 0 Å². The molecule has 0 saturated carbocycles. The van der Waals surface area contributed by atoms with Crippen LogP contribution in [0, 0.1) is 13.8 Å². The second kappa shape index (κ2) is 7.61. The number of aryl methyl sites for hydroxylation is 2. The van der Waals surface area contributed by atoms with Gasteiger partial charge in [-0.15, -0.1) is 11.3 Å². The lowest BCUT2D eigenvalue weighted by Crippen LogP contribution is -2.46. The monoisotopic (exact) mass is 426 g/mol. The Morgan fingerprint density at radius 3 is 2.59 bits per heavy atom. The molecule has 1 aliphatic heterocycles. The maximum Gasteiger partial charge on any atom is 0.268 e. The van der Waals surface area contributed by atoms with Crippen LogP contribution in [0.1, 0.15) is 27.2 Å². The number of ketones is 1. The fourth-order valence-corrected chi connectivity index (χ4v) is 4.35. The number of hydrogen-bond acceptors (Lipinski definition) is 5. The molecular formula is C22H19ClN2O3S. The summed E-state index contributed by atoms with van der Waals surface area (Å²) in [7, 11) is 0. The quantitative estimate of drug-likeness (QED) is 0.546. The third-order valence-electron chi connectivity index (χ3n) is 4.81. The number of carbonyl (C=O) groups is 2. The highest BCUT2D eigenvalue weighted by atomic mass is 35.5. The van der Waals surface area contributed by atoms with Crippen molar-refractivity contribution in [2.75, 3.05) is 11.4 Å². The first-order valence-corrected chi connectivity index (χ1v) is 10.4. The van der Waals surface area contributed by atoms with E-state index >= 15 is 0 Å². The predicted molar refractivity (Wildman–Crippen MR) is 115 cm³/mol. The molecule has 1 aromatic heterocycles. The van der Waals surface area contributed by atoms with Crippen molar-refractivity contribution in [3.05, 3.63) is 62.9 Å². The zero-order valence-corrected chi connectivity index (χ0v) is 17.8. The smallest absolute Gasteiger partial charge is 0.268 e. The molecule has 0 spiro atoms. The van der Waals surface area contributed by atoms with Crippen LogP contribution in [0.4, 0.5) is 5.69 Å². The van der Waals surface area contributed by atoms with Crippen LogP contribution in [0.15, 0.2) is 42.5 Å². The van der Waals surface area contributed by atoms with Crippen molar-refractivity contribution >= 4 is 40.3 Å². The fourth-order valence-electron chi connectivity index (χ4n) is 3.38. The highest BCUT2D eigenvalue weighted by Gasteiger charge is 2.33. The number of halogens is 1. The second-order valence-electron chi connectivity index (χ2n) is 6.93. The highest BCUT2D eigenvalue weighted by molar-refractivity contribution is 7.11. The zero-order chi connectivity index (χ0) is 20.7. The third kappa shape index (κ3) is 3.78. The van der Waals surface area contributed by atoms with E-state index in [1.807, 2.05) is 32.0 Å². The summed E-state index contributed by atoms with van der Waals surface area (Å²) in [6.07, 6.45) is -0.658. The minimum atomic E-state index is -0.658. The molecule has 1 atom stereocenters. The summed E-state index contributed by atoms with van der Waals surface area (Å²) in [4.78, 5) is 32.9. The largest absolute Gasteiger partial charge is 0.479 e. The Bertz CT molecular complexity index is 1110. The number of benzene rings is 2. The Labute approximate surface area is 177 Å². The minimum absolute atomic E-state index is 0.0697. The number of Topliss-reactive ketones (excluding diaryl/α,β-unsaturated/α-hetero) is 1. The molecule has 2 heterocycles. The molecule has 0 aliphatic carbocycles. The molecule has 0 saturated heterocycles. The lowest BCUT2D eigenvalue weighted by Gasteiger charge is -2.33. The van der Waals surface area contributed by atoms with Crippen LogP contribution in [0.25, 0.3) is 11.3 Å². The van der Waals surface area contributed by atoms with Gasteiger partial charge in [-0.2, -0.15) is 0 Å². The van der Waals surface area contributed by atoms with Gasteiger partial charge in [-0.05, 0) is 63.2 Å². The van der Waals surface area contributed by atoms with E-state index in [0.29, 0.717) is 22.0 Å². The van der Waals surface area contributed by atoms with E-state index in [9.17, 15) is 9.59 Å². The molecule has 5 nitrogen and oxygen atoms in total. The SMILES string of the molecule is Cc1nc(-c2ccc3c(c2)N(CC(=O)c2ccc(Cl)cc2)C(=O)C(C)O3)c(C)s1. The Morgan fingerprint density at radius 2 is 1.93 bits per heavy atom. The molecule has 7 heteroatoms. The van der Waals surface area contributed by atoms with Gasteiger partial charge in [-0.1, -0.05) is 11.6 Å². The molecule has 0 fully saturated rings. The molecule has 3 aromatic rings. The summed E-state index contributed by atoms with van der Waals surface area (Å²) in [5.41, 5.74) is 2.86. The molecule has 29 heavy (non-hydrogen) atoms. The molecule has 4 rings (SSSR count). The topological polar surface area (TPSA) is 59.5 Å². The second-order valence-corrected chi connectivity index (χ2v) is 8.78. The lowest BCUT2D eigenvalue weighted by atomic mass is 10.1. The number of carbonyl (C=O) groups excluding carboxylic acids is 2. The fraction of sp³-hybridized carbons (Fsp3) is 0.227. The molecule has 1 amide bonds. The van der Waals surface area contributed by atoms with Crippen molar-refractivity contribution in [1.29, 1.82) is 0 Å². The first kappa shape index (κ1) is 19.6. The highest BCUT2D eigenvalue weighted by Crippen LogP contribution is 2.38. The summed E-state index contributed by atoms with van der Waals surface area (Å²) in [6, 6.07) is 12.3. The normalized spacial score (nSPS) is 15.8. The van der Waals surface area contributed by atoms with Crippen LogP contribution < -0.4 is 9.64 Å². The maximum absolute atomic E-state index is 12.8. The van der Waals surface area contributed by atoms with E-state index in [-0.39, 0.29) is 18.2 Å². The van der Waals surface area contributed by atoms with Crippen molar-refractivity contribution in [3.8, 4) is 17.0 Å². The number of fused-ring (bicyclic) bond motifs is 1. The molecule has 0 radical (unpaired) electrons. The zero-order valence-electron chi connectivity index (χ0n) is 16.2. The van der Waals surface area contributed by atoms with Crippen LogP contribution >= 0.6 is 22.9 Å². The summed E-state index contributed by atoms with van der Waals surface area (Å²) in [5.74, 6) is 0.165. The number of nitrogens with zero attached hydrogens (tertiary/aromatic N) is 2. The van der Waals surface area contributed by atoms with Crippen LogP contribution in [-0.4, -0.2) is 29.3 Å². The van der Waals surface area contributed by atoms with Crippen molar-refractivity contribution in [2.24, 2.45) is 0 Å². The van der Waals surface area contributed by atoms with Gasteiger partial charge in [0.1, 0.15) is 5.75 Å². The van der Waals surface area contributed by atoms with E-state index in [4.69, 9.17) is 16.3 Å². The Hall–Kier alpha value is -2.70. The number of ether oxygens (including phenoxy) is 1. The Balaban J connectivity index is 1.72. The van der Waals surface area contributed by atoms with Gasteiger partial charge in [0.25, 0.3) is 5.91 Å². The van der Waals surface area contributed by atoms with Crippen molar-refractivity contribution < 1.29 is 14.3 Å². The van der Waals surface area contributed by atoms with Gasteiger partial charge in [0.15, 0.2) is 11.9 Å². The first-order valence-electron chi connectivity index (χ1n) is 9.18. The molecule has 1 unspecified atom stereocenters. The predicted octanol–water partition coefficient (Wildman–Crippen LogP) is 5.08. The summed E-state index contributed by atoms with van der Waals surface area (Å²) < 4.78 is 5.77. The Morgan fingerprint density at radius 1 is 1.21 bits per heavy atom. The van der Waals surface area contributed by atoms with Crippen LogP contribution in [0.2, 0.25) is 5.02 Å². The van der Waals surface area contributed by atoms with E-state index < -0.39 is 6.10 Å². The van der Waals surface area contributed by atoms with Crippen molar-refractivity contribution in [3.63, 3.8) is 0 Å². The molecule has 0 bridgehead atoms. The molecule has 1 aliphatic rings. The number of hydrogen-bond donors (Lipinski definition) is 0. The summed E-state index contributed by atoms with van der Waals surface area (Å²) in [6.45, 7) is 5.60. The van der Waals surface area contributed by atoms with Gasteiger partial charge in [-0.25, -0.2) is 4.98 Å². The van der Waals surface area contributed by atoms with Gasteiger partial charge in [0, 0.05) is 21.0 Å². The lowest BCUT2D eigenvalue weighted by molar-refractivity contribution is -0.125. The first-order chi connectivity index (χ1) is 13.8. The van der Waals surface area contributed by atoms with Gasteiger partial charge in [0.2, 0.25) is 0 Å². The summed E-state index contributed by atoms with van der Waals surface area (Å²) >= 11 is 7.53. The standard InChI is InChI=1S/C22H19ClN2O3S/c1-12-22(27)25(11-19(26)15-4-7-17(23)8-5-15)18-10-16(6-9-20(18)28-12)21-13(2)29-14(3)24-21/h4-10,12H,11H2,1-3H3. The van der Waals surface area contributed by atoms with Gasteiger partial charge < -0.3 is 4.74 Å². The summed E-state index contributed by atoms with van der Waals surface area (Å²) in [5, 5.41) is 1.53.